The highest BCUT2D eigenvalue weighted by Crippen LogP contribution is 2.22. The van der Waals surface area contributed by atoms with E-state index >= 15 is 0 Å². The van der Waals surface area contributed by atoms with Crippen LogP contribution in [-0.4, -0.2) is 23.9 Å². The second-order valence-corrected chi connectivity index (χ2v) is 6.53. The van der Waals surface area contributed by atoms with E-state index in [0.717, 1.165) is 31.5 Å². The third-order valence-electron chi connectivity index (χ3n) is 3.49. The van der Waals surface area contributed by atoms with E-state index in [2.05, 4.69) is 58.9 Å². The van der Waals surface area contributed by atoms with Gasteiger partial charge in [-0.15, -0.1) is 0 Å². The third-order valence-corrected chi connectivity index (χ3v) is 3.49. The lowest BCUT2D eigenvalue weighted by Gasteiger charge is -2.19. The summed E-state index contributed by atoms with van der Waals surface area (Å²) in [5.74, 6) is 0.110. The molecule has 0 aliphatic carbocycles. The van der Waals surface area contributed by atoms with Gasteiger partial charge in [-0.25, -0.2) is 0 Å². The predicted octanol–water partition coefficient (Wildman–Crippen LogP) is 4.65. The van der Waals surface area contributed by atoms with Gasteiger partial charge in [-0.3, -0.25) is 4.79 Å². The molecule has 0 saturated heterocycles. The number of benzene rings is 1. The maximum atomic E-state index is 12.2. The SMILES string of the molecule is CCCN(CCC)C(=O)C=Cc1ccc(C(C)(C)C)cc1. The molecule has 0 aromatic heterocycles. The van der Waals surface area contributed by atoms with Crippen molar-refractivity contribution in [1.29, 1.82) is 0 Å². The van der Waals surface area contributed by atoms with Crippen molar-refractivity contribution in [2.24, 2.45) is 0 Å². The van der Waals surface area contributed by atoms with Gasteiger partial charge in [0, 0.05) is 19.2 Å². The van der Waals surface area contributed by atoms with E-state index in [1.54, 1.807) is 6.08 Å². The molecule has 2 heteroatoms. The highest BCUT2D eigenvalue weighted by molar-refractivity contribution is 5.91. The molecule has 0 radical (unpaired) electrons. The van der Waals surface area contributed by atoms with Gasteiger partial charge in [0.1, 0.15) is 0 Å². The van der Waals surface area contributed by atoms with Gasteiger partial charge in [0.15, 0.2) is 0 Å². The molecule has 0 unspecified atom stereocenters. The molecule has 1 rings (SSSR count). The zero-order valence-corrected chi connectivity index (χ0v) is 14.1. The van der Waals surface area contributed by atoms with E-state index < -0.39 is 0 Å². The van der Waals surface area contributed by atoms with Crippen molar-refractivity contribution < 1.29 is 4.79 Å². The zero-order valence-electron chi connectivity index (χ0n) is 14.1. The summed E-state index contributed by atoms with van der Waals surface area (Å²) in [5.41, 5.74) is 2.55. The van der Waals surface area contributed by atoms with Gasteiger partial charge in [0.05, 0.1) is 0 Å². The molecule has 2 nitrogen and oxygen atoms in total. The van der Waals surface area contributed by atoms with E-state index in [4.69, 9.17) is 0 Å². The number of amides is 1. The first-order valence-corrected chi connectivity index (χ1v) is 7.96. The average Bonchev–Trinajstić information content (AvgIpc) is 2.44. The molecule has 0 bridgehead atoms. The smallest absolute Gasteiger partial charge is 0.246 e. The number of hydrogen-bond acceptors (Lipinski definition) is 1. The normalized spacial score (nSPS) is 11.9. The van der Waals surface area contributed by atoms with Crippen LogP contribution < -0.4 is 0 Å². The molecule has 0 spiro atoms. The van der Waals surface area contributed by atoms with Crippen LogP contribution in [0, 0.1) is 0 Å². The fraction of sp³-hybridized carbons (Fsp3) is 0.526. The minimum Gasteiger partial charge on any atom is -0.339 e. The van der Waals surface area contributed by atoms with Crippen molar-refractivity contribution in [3.63, 3.8) is 0 Å². The largest absolute Gasteiger partial charge is 0.339 e. The Bertz CT molecular complexity index is 459. The fourth-order valence-electron chi connectivity index (χ4n) is 2.24. The monoisotopic (exact) mass is 287 g/mol. The molecule has 0 saturated carbocycles. The van der Waals surface area contributed by atoms with Crippen molar-refractivity contribution in [3.05, 3.63) is 41.5 Å². The summed E-state index contributed by atoms with van der Waals surface area (Å²) < 4.78 is 0. The number of hydrogen-bond donors (Lipinski definition) is 0. The number of rotatable bonds is 6. The first kappa shape index (κ1) is 17.5. The Hall–Kier alpha value is -1.57. The third kappa shape index (κ3) is 5.74. The van der Waals surface area contributed by atoms with Crippen LogP contribution in [-0.2, 0) is 10.2 Å². The Morgan fingerprint density at radius 1 is 1.05 bits per heavy atom. The Labute approximate surface area is 129 Å². The maximum Gasteiger partial charge on any atom is 0.246 e. The van der Waals surface area contributed by atoms with Crippen molar-refractivity contribution in [2.45, 2.75) is 52.9 Å². The Kier molecular flexibility index (Phi) is 6.67. The molecule has 0 fully saturated rings. The molecular formula is C19H29NO. The van der Waals surface area contributed by atoms with E-state index in [0.29, 0.717) is 0 Å². The predicted molar refractivity (Wildman–Crippen MR) is 91.3 cm³/mol. The van der Waals surface area contributed by atoms with Gasteiger partial charge in [-0.05, 0) is 35.5 Å². The Balaban J connectivity index is 2.73. The first-order valence-electron chi connectivity index (χ1n) is 7.96. The summed E-state index contributed by atoms with van der Waals surface area (Å²) in [7, 11) is 0. The summed E-state index contributed by atoms with van der Waals surface area (Å²) in [5, 5.41) is 0. The van der Waals surface area contributed by atoms with Crippen molar-refractivity contribution in [2.75, 3.05) is 13.1 Å². The molecule has 116 valence electrons. The van der Waals surface area contributed by atoms with Crippen LogP contribution in [0.2, 0.25) is 0 Å². The lowest BCUT2D eigenvalue weighted by Crippen LogP contribution is -2.30. The summed E-state index contributed by atoms with van der Waals surface area (Å²) >= 11 is 0. The van der Waals surface area contributed by atoms with Crippen LogP contribution >= 0.6 is 0 Å². The molecule has 0 N–H and O–H groups in total. The van der Waals surface area contributed by atoms with Crippen LogP contribution in [0.4, 0.5) is 0 Å². The fourth-order valence-corrected chi connectivity index (χ4v) is 2.24. The first-order chi connectivity index (χ1) is 9.88. The molecule has 21 heavy (non-hydrogen) atoms. The minimum atomic E-state index is 0.110. The molecule has 1 aromatic carbocycles. The second kappa shape index (κ2) is 8.02. The molecule has 0 heterocycles. The number of carbonyl (C=O) groups excluding carboxylic acids is 1. The maximum absolute atomic E-state index is 12.2. The molecular weight excluding hydrogens is 258 g/mol. The van der Waals surface area contributed by atoms with Crippen LogP contribution in [0.25, 0.3) is 6.08 Å². The van der Waals surface area contributed by atoms with Crippen LogP contribution in [0.1, 0.15) is 58.6 Å². The van der Waals surface area contributed by atoms with Crippen molar-refractivity contribution in [1.82, 2.24) is 4.90 Å². The van der Waals surface area contributed by atoms with Crippen LogP contribution in [0.5, 0.6) is 0 Å². The summed E-state index contributed by atoms with van der Waals surface area (Å²) in [6.45, 7) is 12.5. The van der Waals surface area contributed by atoms with E-state index in [1.165, 1.54) is 5.56 Å². The van der Waals surface area contributed by atoms with Crippen LogP contribution in [0.15, 0.2) is 30.3 Å². The van der Waals surface area contributed by atoms with Gasteiger partial charge in [0.2, 0.25) is 5.91 Å². The highest BCUT2D eigenvalue weighted by Gasteiger charge is 2.12. The molecule has 1 aromatic rings. The standard InChI is InChI=1S/C19H29NO/c1-6-14-20(15-7-2)18(21)13-10-16-8-11-17(12-9-16)19(3,4)5/h8-13H,6-7,14-15H2,1-5H3. The van der Waals surface area contributed by atoms with E-state index in [9.17, 15) is 4.79 Å². The van der Waals surface area contributed by atoms with Gasteiger partial charge in [-0.1, -0.05) is 58.9 Å². The second-order valence-electron chi connectivity index (χ2n) is 6.53. The molecule has 0 aliphatic rings. The van der Waals surface area contributed by atoms with Gasteiger partial charge in [-0.2, -0.15) is 0 Å². The van der Waals surface area contributed by atoms with E-state index in [1.807, 2.05) is 11.0 Å². The molecule has 0 aliphatic heterocycles. The van der Waals surface area contributed by atoms with E-state index in [-0.39, 0.29) is 11.3 Å². The molecule has 1 amide bonds. The lowest BCUT2D eigenvalue weighted by molar-refractivity contribution is -0.126. The quantitative estimate of drug-likeness (QED) is 0.698. The topological polar surface area (TPSA) is 20.3 Å². The summed E-state index contributed by atoms with van der Waals surface area (Å²) in [6.07, 6.45) is 5.60. The Morgan fingerprint density at radius 3 is 2.00 bits per heavy atom. The van der Waals surface area contributed by atoms with Crippen molar-refractivity contribution >= 4 is 12.0 Å². The van der Waals surface area contributed by atoms with Gasteiger partial charge in [0.25, 0.3) is 0 Å². The minimum absolute atomic E-state index is 0.110. The average molecular weight is 287 g/mol. The van der Waals surface area contributed by atoms with Gasteiger partial charge >= 0.3 is 0 Å². The van der Waals surface area contributed by atoms with Gasteiger partial charge < -0.3 is 4.90 Å². The van der Waals surface area contributed by atoms with Crippen LogP contribution in [0.3, 0.4) is 0 Å². The Morgan fingerprint density at radius 2 is 1.57 bits per heavy atom. The van der Waals surface area contributed by atoms with Crippen molar-refractivity contribution in [3.8, 4) is 0 Å². The molecule has 0 atom stereocenters. The summed E-state index contributed by atoms with van der Waals surface area (Å²) in [4.78, 5) is 14.1. The number of carbonyl (C=O) groups is 1. The number of nitrogens with zero attached hydrogens (tertiary/aromatic N) is 1. The zero-order chi connectivity index (χ0) is 15.9. The summed E-state index contributed by atoms with van der Waals surface area (Å²) in [6, 6.07) is 8.43. The highest BCUT2D eigenvalue weighted by atomic mass is 16.2. The lowest BCUT2D eigenvalue weighted by atomic mass is 9.87.